The molecule has 1 heterocycles. The molecule has 1 aliphatic heterocycles. The molecular formula is C27H28N2O4. The van der Waals surface area contributed by atoms with E-state index in [4.69, 9.17) is 24.0 Å². The number of ether oxygens (including phenoxy) is 4. The number of nitrogens with zero attached hydrogens (tertiary/aromatic N) is 2. The van der Waals surface area contributed by atoms with E-state index in [1.807, 2.05) is 54.6 Å². The van der Waals surface area contributed by atoms with Crippen molar-refractivity contribution in [1.82, 2.24) is 0 Å². The summed E-state index contributed by atoms with van der Waals surface area (Å²) < 4.78 is 21.7. The van der Waals surface area contributed by atoms with E-state index in [2.05, 4.69) is 29.3 Å². The molecule has 0 spiro atoms. The maximum atomic E-state index is 5.53. The van der Waals surface area contributed by atoms with Gasteiger partial charge in [-0.2, -0.15) is 5.10 Å². The van der Waals surface area contributed by atoms with Gasteiger partial charge in [0.15, 0.2) is 23.0 Å². The molecule has 6 heteroatoms. The highest BCUT2D eigenvalue weighted by molar-refractivity contribution is 6.01. The Bertz CT molecular complexity index is 1160. The topological polar surface area (TPSA) is 52.5 Å². The summed E-state index contributed by atoms with van der Waals surface area (Å²) in [6.07, 6.45) is 4.85. The van der Waals surface area contributed by atoms with Crippen LogP contribution in [0.2, 0.25) is 0 Å². The van der Waals surface area contributed by atoms with Crippen molar-refractivity contribution in [2.45, 2.75) is 12.5 Å². The molecule has 0 bridgehead atoms. The van der Waals surface area contributed by atoms with Crippen molar-refractivity contribution < 1.29 is 18.9 Å². The maximum absolute atomic E-state index is 5.53. The van der Waals surface area contributed by atoms with Crippen molar-refractivity contribution in [3.63, 3.8) is 0 Å². The summed E-state index contributed by atoms with van der Waals surface area (Å²) in [7, 11) is 6.56. The summed E-state index contributed by atoms with van der Waals surface area (Å²) in [6.45, 7) is 0. The lowest BCUT2D eigenvalue weighted by Gasteiger charge is -2.24. The molecule has 1 unspecified atom stereocenters. The minimum Gasteiger partial charge on any atom is -0.493 e. The Balaban J connectivity index is 1.65. The first kappa shape index (κ1) is 22.3. The fourth-order valence-corrected chi connectivity index (χ4v) is 3.92. The van der Waals surface area contributed by atoms with Crippen LogP contribution in [0.25, 0.3) is 6.08 Å². The lowest BCUT2D eigenvalue weighted by molar-refractivity contribution is 0.354. The fourth-order valence-electron chi connectivity index (χ4n) is 3.92. The second-order valence-corrected chi connectivity index (χ2v) is 7.55. The zero-order valence-corrected chi connectivity index (χ0v) is 19.3. The van der Waals surface area contributed by atoms with Gasteiger partial charge in [-0.25, -0.2) is 0 Å². The van der Waals surface area contributed by atoms with Gasteiger partial charge < -0.3 is 18.9 Å². The van der Waals surface area contributed by atoms with Gasteiger partial charge in [0.1, 0.15) is 0 Å². The molecule has 33 heavy (non-hydrogen) atoms. The van der Waals surface area contributed by atoms with Crippen molar-refractivity contribution in [2.75, 3.05) is 33.4 Å². The molecule has 1 atom stereocenters. The summed E-state index contributed by atoms with van der Waals surface area (Å²) in [4.78, 5) is 0. The highest BCUT2D eigenvalue weighted by atomic mass is 16.5. The SMILES string of the molecule is COc1ccc(C=CC2=NN(c3ccccc3)C(c3ccc(OC)c(OC)c3)C2)cc1OC. The minimum absolute atomic E-state index is 0.0391. The lowest BCUT2D eigenvalue weighted by Crippen LogP contribution is -2.18. The Kier molecular flexibility index (Phi) is 6.83. The molecular weight excluding hydrogens is 416 g/mol. The first-order valence-corrected chi connectivity index (χ1v) is 10.7. The van der Waals surface area contributed by atoms with Crippen molar-refractivity contribution in [2.24, 2.45) is 5.10 Å². The molecule has 0 aromatic heterocycles. The average Bonchev–Trinajstić information content (AvgIpc) is 3.31. The van der Waals surface area contributed by atoms with Gasteiger partial charge in [-0.05, 0) is 53.6 Å². The van der Waals surface area contributed by atoms with Crippen molar-refractivity contribution in [1.29, 1.82) is 0 Å². The highest BCUT2D eigenvalue weighted by Gasteiger charge is 2.29. The van der Waals surface area contributed by atoms with E-state index in [1.165, 1.54) is 0 Å². The van der Waals surface area contributed by atoms with Crippen LogP contribution in [0.4, 0.5) is 5.69 Å². The van der Waals surface area contributed by atoms with Gasteiger partial charge in [0, 0.05) is 6.42 Å². The molecule has 4 rings (SSSR count). The normalized spacial score (nSPS) is 15.5. The van der Waals surface area contributed by atoms with Crippen LogP contribution in [0.15, 0.2) is 77.9 Å². The molecule has 0 saturated heterocycles. The minimum atomic E-state index is 0.0391. The number of methoxy groups -OCH3 is 4. The van der Waals surface area contributed by atoms with Crippen LogP contribution >= 0.6 is 0 Å². The molecule has 0 radical (unpaired) electrons. The molecule has 3 aromatic carbocycles. The van der Waals surface area contributed by atoms with Crippen molar-refractivity contribution in [3.8, 4) is 23.0 Å². The van der Waals surface area contributed by atoms with Crippen LogP contribution in [-0.2, 0) is 0 Å². The number of allylic oxidation sites excluding steroid dienone is 1. The third-order valence-corrected chi connectivity index (χ3v) is 5.62. The molecule has 0 aliphatic carbocycles. The number of benzene rings is 3. The number of rotatable bonds is 8. The number of hydrazone groups is 1. The first-order valence-electron chi connectivity index (χ1n) is 10.7. The van der Waals surface area contributed by atoms with E-state index in [1.54, 1.807) is 28.4 Å². The van der Waals surface area contributed by atoms with Crippen LogP contribution in [0.3, 0.4) is 0 Å². The molecule has 0 amide bonds. The predicted octanol–water partition coefficient (Wildman–Crippen LogP) is 5.74. The number of anilines is 1. The molecule has 3 aromatic rings. The first-order chi connectivity index (χ1) is 16.2. The van der Waals surface area contributed by atoms with E-state index in [0.717, 1.165) is 28.9 Å². The van der Waals surface area contributed by atoms with E-state index >= 15 is 0 Å². The van der Waals surface area contributed by atoms with Crippen LogP contribution in [0, 0.1) is 0 Å². The van der Waals surface area contributed by atoms with E-state index in [9.17, 15) is 0 Å². The van der Waals surface area contributed by atoms with Gasteiger partial charge >= 0.3 is 0 Å². The van der Waals surface area contributed by atoms with E-state index < -0.39 is 0 Å². The highest BCUT2D eigenvalue weighted by Crippen LogP contribution is 2.39. The Hall–Kier alpha value is -3.93. The standard InChI is InChI=1S/C27H28N2O4/c1-30-24-14-11-19(16-26(24)32-3)10-13-21-18-23(29(28-21)22-8-6-5-7-9-22)20-12-15-25(31-2)27(17-20)33-4/h5-17,23H,18H2,1-4H3. The summed E-state index contributed by atoms with van der Waals surface area (Å²) in [5.41, 5.74) is 4.13. The largest absolute Gasteiger partial charge is 0.493 e. The molecule has 0 saturated carbocycles. The number of para-hydroxylation sites is 1. The number of hydrogen-bond donors (Lipinski definition) is 0. The van der Waals surface area contributed by atoms with E-state index in [0.29, 0.717) is 23.0 Å². The van der Waals surface area contributed by atoms with Gasteiger partial charge in [0.2, 0.25) is 0 Å². The van der Waals surface area contributed by atoms with Gasteiger partial charge in [-0.3, -0.25) is 5.01 Å². The second-order valence-electron chi connectivity index (χ2n) is 7.55. The Morgan fingerprint density at radius 2 is 1.36 bits per heavy atom. The third kappa shape index (κ3) is 4.80. The van der Waals surface area contributed by atoms with Gasteiger partial charge in [0.05, 0.1) is 45.9 Å². The molecule has 0 fully saturated rings. The van der Waals surface area contributed by atoms with Crippen LogP contribution in [0.5, 0.6) is 23.0 Å². The van der Waals surface area contributed by atoms with Crippen LogP contribution in [0.1, 0.15) is 23.6 Å². The third-order valence-electron chi connectivity index (χ3n) is 5.62. The maximum Gasteiger partial charge on any atom is 0.161 e. The smallest absolute Gasteiger partial charge is 0.161 e. The summed E-state index contributed by atoms with van der Waals surface area (Å²) >= 11 is 0. The predicted molar refractivity (Wildman–Crippen MR) is 132 cm³/mol. The molecule has 0 N–H and O–H groups in total. The summed E-state index contributed by atoms with van der Waals surface area (Å²) in [6, 6.07) is 22.1. The Morgan fingerprint density at radius 1 is 0.727 bits per heavy atom. The van der Waals surface area contributed by atoms with Crippen LogP contribution in [-0.4, -0.2) is 34.2 Å². The zero-order valence-electron chi connectivity index (χ0n) is 19.3. The van der Waals surface area contributed by atoms with Gasteiger partial charge in [-0.15, -0.1) is 0 Å². The quantitative estimate of drug-likeness (QED) is 0.443. The Labute approximate surface area is 194 Å². The lowest BCUT2D eigenvalue weighted by atomic mass is 10.00. The van der Waals surface area contributed by atoms with Gasteiger partial charge in [0.25, 0.3) is 0 Å². The van der Waals surface area contributed by atoms with Crippen LogP contribution < -0.4 is 24.0 Å². The van der Waals surface area contributed by atoms with Crippen molar-refractivity contribution >= 4 is 17.5 Å². The van der Waals surface area contributed by atoms with Crippen molar-refractivity contribution in [3.05, 3.63) is 83.9 Å². The fraction of sp³-hybridized carbons (Fsp3) is 0.222. The summed E-state index contributed by atoms with van der Waals surface area (Å²) in [5.74, 6) is 2.82. The monoisotopic (exact) mass is 444 g/mol. The van der Waals surface area contributed by atoms with E-state index in [-0.39, 0.29) is 6.04 Å². The second kappa shape index (κ2) is 10.1. The molecule has 170 valence electrons. The Morgan fingerprint density at radius 3 is 2.03 bits per heavy atom. The number of hydrogen-bond acceptors (Lipinski definition) is 6. The molecule has 6 nitrogen and oxygen atoms in total. The zero-order chi connectivity index (χ0) is 23.2. The average molecular weight is 445 g/mol. The summed E-state index contributed by atoms with van der Waals surface area (Å²) in [5, 5.41) is 7.01. The molecule has 1 aliphatic rings. The van der Waals surface area contributed by atoms with Gasteiger partial charge in [-0.1, -0.05) is 36.4 Å².